The van der Waals surface area contributed by atoms with Gasteiger partial charge in [0.05, 0.1) is 19.1 Å². The van der Waals surface area contributed by atoms with Gasteiger partial charge < -0.3 is 19.3 Å². The molecule has 0 saturated carbocycles. The molecule has 1 unspecified atom stereocenters. The number of methoxy groups -OCH3 is 1. The molecule has 1 aromatic carbocycles. The molecule has 31 heavy (non-hydrogen) atoms. The van der Waals surface area contributed by atoms with Crippen LogP contribution >= 0.6 is 11.6 Å². The Morgan fingerprint density at radius 2 is 1.97 bits per heavy atom. The fraction of sp³-hybridized carbons (Fsp3) is 0.522. The Kier molecular flexibility index (Phi) is 9.07. The molecule has 0 bridgehead atoms. The summed E-state index contributed by atoms with van der Waals surface area (Å²) in [6, 6.07) is 6.77. The molecule has 7 nitrogen and oxygen atoms in total. The maximum Gasteiger partial charge on any atom is 0.308 e. The summed E-state index contributed by atoms with van der Waals surface area (Å²) in [5, 5.41) is 0.597. The molecule has 1 fully saturated rings. The van der Waals surface area contributed by atoms with Crippen LogP contribution in [-0.4, -0.2) is 72.6 Å². The van der Waals surface area contributed by atoms with Crippen molar-refractivity contribution in [1.82, 2.24) is 9.80 Å². The molecule has 0 aliphatic carbocycles. The van der Waals surface area contributed by atoms with Gasteiger partial charge in [0.1, 0.15) is 5.60 Å². The number of ether oxygens (including phenoxy) is 2. The van der Waals surface area contributed by atoms with Crippen LogP contribution in [0.2, 0.25) is 5.02 Å². The van der Waals surface area contributed by atoms with Crippen molar-refractivity contribution in [3.05, 3.63) is 40.9 Å². The van der Waals surface area contributed by atoms with Crippen LogP contribution < -0.4 is 0 Å². The molecule has 1 atom stereocenters. The zero-order valence-corrected chi connectivity index (χ0v) is 19.4. The van der Waals surface area contributed by atoms with Crippen molar-refractivity contribution in [2.24, 2.45) is 0 Å². The Morgan fingerprint density at radius 3 is 2.61 bits per heavy atom. The van der Waals surface area contributed by atoms with Crippen LogP contribution in [0.5, 0.6) is 0 Å². The van der Waals surface area contributed by atoms with E-state index in [1.807, 2.05) is 12.1 Å². The number of benzene rings is 1. The number of amides is 2. The highest BCUT2D eigenvalue weighted by Crippen LogP contribution is 2.16. The van der Waals surface area contributed by atoms with Crippen LogP contribution in [0.4, 0.5) is 0 Å². The van der Waals surface area contributed by atoms with Gasteiger partial charge in [-0.2, -0.15) is 0 Å². The summed E-state index contributed by atoms with van der Waals surface area (Å²) in [6.07, 6.45) is 3.42. The molecule has 170 valence electrons. The molecule has 1 aliphatic rings. The zero-order chi connectivity index (χ0) is 23.0. The Balaban J connectivity index is 2.02. The number of hydrogen-bond donors (Lipinski definition) is 0. The molecule has 1 aromatic rings. The van der Waals surface area contributed by atoms with Crippen LogP contribution in [0.3, 0.4) is 0 Å². The lowest BCUT2D eigenvalue weighted by molar-refractivity contribution is -0.157. The van der Waals surface area contributed by atoms with Gasteiger partial charge in [-0.15, -0.1) is 0 Å². The van der Waals surface area contributed by atoms with Gasteiger partial charge in [0.25, 0.3) is 0 Å². The molecular formula is C23H31ClN2O5. The lowest BCUT2D eigenvalue weighted by atomic mass is 10.1. The largest absolute Gasteiger partial charge is 0.460 e. The Morgan fingerprint density at radius 1 is 1.23 bits per heavy atom. The van der Waals surface area contributed by atoms with Crippen molar-refractivity contribution in [2.75, 3.05) is 33.4 Å². The first-order valence-electron chi connectivity index (χ1n) is 10.3. The van der Waals surface area contributed by atoms with E-state index in [0.717, 1.165) is 5.56 Å². The first kappa shape index (κ1) is 24.9. The van der Waals surface area contributed by atoms with Gasteiger partial charge in [0.2, 0.25) is 11.8 Å². The smallest absolute Gasteiger partial charge is 0.308 e. The lowest BCUT2D eigenvalue weighted by Gasteiger charge is -2.31. The standard InChI is InChI=1S/C23H31ClN2O5/c1-23(2,3)31-22(29)15-19(16-30-4)26-13-12-25(11-10-21(26)28)20(27)9-8-17-6-5-7-18(24)14-17/h5-9,14,19H,10-13,15-16H2,1-4H3. The molecule has 0 aromatic heterocycles. The molecule has 0 radical (unpaired) electrons. The predicted octanol–water partition coefficient (Wildman–Crippen LogP) is 3.16. The number of hydrogen-bond acceptors (Lipinski definition) is 5. The minimum atomic E-state index is -0.601. The Bertz CT molecular complexity index is 818. The summed E-state index contributed by atoms with van der Waals surface area (Å²) in [5.74, 6) is -0.672. The van der Waals surface area contributed by atoms with Crippen molar-refractivity contribution in [2.45, 2.75) is 45.3 Å². The topological polar surface area (TPSA) is 76.2 Å². The first-order chi connectivity index (χ1) is 14.6. The highest BCUT2D eigenvalue weighted by molar-refractivity contribution is 6.30. The monoisotopic (exact) mass is 450 g/mol. The van der Waals surface area contributed by atoms with Gasteiger partial charge in [-0.3, -0.25) is 14.4 Å². The molecule has 1 aliphatic heterocycles. The highest BCUT2D eigenvalue weighted by Gasteiger charge is 2.31. The second-order valence-electron chi connectivity index (χ2n) is 8.45. The molecule has 1 heterocycles. The van der Waals surface area contributed by atoms with E-state index in [4.69, 9.17) is 21.1 Å². The summed E-state index contributed by atoms with van der Waals surface area (Å²) < 4.78 is 10.6. The normalized spacial score (nSPS) is 16.4. The fourth-order valence-corrected chi connectivity index (χ4v) is 3.55. The maximum atomic E-state index is 12.7. The fourth-order valence-electron chi connectivity index (χ4n) is 3.36. The molecule has 2 amide bonds. The molecular weight excluding hydrogens is 420 g/mol. The lowest BCUT2D eigenvalue weighted by Crippen LogP contribution is -2.46. The minimum absolute atomic E-state index is 0.0411. The van der Waals surface area contributed by atoms with Gasteiger partial charge in [-0.05, 0) is 44.5 Å². The third-order valence-corrected chi connectivity index (χ3v) is 4.96. The second-order valence-corrected chi connectivity index (χ2v) is 8.89. The van der Waals surface area contributed by atoms with E-state index in [0.29, 0.717) is 24.7 Å². The summed E-state index contributed by atoms with van der Waals surface area (Å²) in [5.41, 5.74) is 0.224. The third-order valence-electron chi connectivity index (χ3n) is 4.73. The van der Waals surface area contributed by atoms with E-state index in [1.54, 1.807) is 48.8 Å². The molecule has 0 spiro atoms. The van der Waals surface area contributed by atoms with Crippen molar-refractivity contribution >= 4 is 35.5 Å². The summed E-state index contributed by atoms with van der Waals surface area (Å²) in [7, 11) is 1.53. The highest BCUT2D eigenvalue weighted by atomic mass is 35.5. The van der Waals surface area contributed by atoms with Crippen LogP contribution in [0, 0.1) is 0 Å². The average Bonchev–Trinajstić information content (AvgIpc) is 2.86. The molecule has 0 N–H and O–H groups in total. The van der Waals surface area contributed by atoms with E-state index in [1.165, 1.54) is 13.2 Å². The number of esters is 1. The van der Waals surface area contributed by atoms with Gasteiger partial charge >= 0.3 is 5.97 Å². The first-order valence-corrected chi connectivity index (χ1v) is 10.7. The quantitative estimate of drug-likeness (QED) is 0.471. The van der Waals surface area contributed by atoms with E-state index >= 15 is 0 Å². The Hall–Kier alpha value is -2.38. The Labute approximate surface area is 188 Å². The number of carbonyl (C=O) groups is 3. The van der Waals surface area contributed by atoms with E-state index in [2.05, 4.69) is 0 Å². The van der Waals surface area contributed by atoms with Gasteiger partial charge in [-0.25, -0.2) is 0 Å². The van der Waals surface area contributed by atoms with Crippen molar-refractivity contribution < 1.29 is 23.9 Å². The third kappa shape index (κ3) is 8.34. The zero-order valence-electron chi connectivity index (χ0n) is 18.6. The van der Waals surface area contributed by atoms with E-state index in [9.17, 15) is 14.4 Å². The summed E-state index contributed by atoms with van der Waals surface area (Å²) >= 11 is 5.97. The van der Waals surface area contributed by atoms with Gasteiger partial charge in [0.15, 0.2) is 0 Å². The number of carbonyl (C=O) groups excluding carboxylic acids is 3. The van der Waals surface area contributed by atoms with Crippen LogP contribution in [-0.2, 0) is 23.9 Å². The SMILES string of the molecule is COCC(CC(=O)OC(C)(C)C)N1CCN(C(=O)C=Cc2cccc(Cl)c2)CCC1=O. The van der Waals surface area contributed by atoms with Crippen molar-refractivity contribution in [3.63, 3.8) is 0 Å². The summed E-state index contributed by atoms with van der Waals surface area (Å²) in [4.78, 5) is 40.9. The average molecular weight is 451 g/mol. The molecule has 2 rings (SSSR count). The molecule has 8 heteroatoms. The molecule has 1 saturated heterocycles. The van der Waals surface area contributed by atoms with Gasteiger partial charge in [-0.1, -0.05) is 23.7 Å². The second kappa shape index (κ2) is 11.3. The van der Waals surface area contributed by atoms with Crippen molar-refractivity contribution in [3.8, 4) is 0 Å². The number of rotatable bonds is 7. The minimum Gasteiger partial charge on any atom is -0.460 e. The number of halogens is 1. The summed E-state index contributed by atoms with van der Waals surface area (Å²) in [6.45, 7) is 6.63. The van der Waals surface area contributed by atoms with Gasteiger partial charge in [0, 0.05) is 44.3 Å². The number of nitrogens with zero attached hydrogens (tertiary/aromatic N) is 2. The van der Waals surface area contributed by atoms with E-state index in [-0.39, 0.29) is 37.2 Å². The predicted molar refractivity (Wildman–Crippen MR) is 120 cm³/mol. The van der Waals surface area contributed by atoms with E-state index < -0.39 is 11.6 Å². The maximum absolute atomic E-state index is 12.7. The van der Waals surface area contributed by atoms with Crippen LogP contribution in [0.1, 0.15) is 39.2 Å². The van der Waals surface area contributed by atoms with Crippen molar-refractivity contribution in [1.29, 1.82) is 0 Å². The van der Waals surface area contributed by atoms with Crippen LogP contribution in [0.15, 0.2) is 30.3 Å². The van der Waals surface area contributed by atoms with Crippen LogP contribution in [0.25, 0.3) is 6.08 Å².